The lowest BCUT2D eigenvalue weighted by atomic mass is 10.1. The monoisotopic (exact) mass is 451 g/mol. The minimum Gasteiger partial charge on any atom is -0.496 e. The third kappa shape index (κ3) is 6.54. The molecule has 0 radical (unpaired) electrons. The maximum absolute atomic E-state index is 12.7. The summed E-state index contributed by atoms with van der Waals surface area (Å²) in [7, 11) is 2.19. The van der Waals surface area contributed by atoms with Gasteiger partial charge in [-0.3, -0.25) is 4.79 Å². The zero-order valence-electron chi connectivity index (χ0n) is 17.7. The molecule has 10 heteroatoms. The molecule has 0 heterocycles. The molecule has 0 bridgehead atoms. The zero-order chi connectivity index (χ0) is 23.0. The van der Waals surface area contributed by atoms with E-state index in [1.165, 1.54) is 34.5 Å². The number of rotatable bonds is 11. The fraction of sp³-hybridized carbons (Fsp3) is 0.286. The number of hydrogen-bond acceptors (Lipinski definition) is 8. The van der Waals surface area contributed by atoms with Gasteiger partial charge in [-0.25, -0.2) is 8.42 Å². The van der Waals surface area contributed by atoms with E-state index in [9.17, 15) is 13.2 Å². The molecule has 31 heavy (non-hydrogen) atoms. The molecule has 0 aliphatic heterocycles. The van der Waals surface area contributed by atoms with Crippen molar-refractivity contribution in [2.45, 2.75) is 5.75 Å². The van der Waals surface area contributed by atoms with Crippen molar-refractivity contribution in [3.8, 4) is 23.0 Å². The van der Waals surface area contributed by atoms with E-state index in [0.717, 1.165) is 5.41 Å². The predicted octanol–water partition coefficient (Wildman–Crippen LogP) is 2.80. The average Bonchev–Trinajstić information content (AvgIpc) is 2.75. The molecule has 168 valence electrons. The Kier molecular flexibility index (Phi) is 8.14. The Bertz CT molecular complexity index is 1040. The number of nitrogens with one attached hydrogen (secondary N) is 1. The van der Waals surface area contributed by atoms with E-state index in [2.05, 4.69) is 5.32 Å². The van der Waals surface area contributed by atoms with Gasteiger partial charge in [-0.05, 0) is 23.8 Å². The lowest BCUT2D eigenvalue weighted by molar-refractivity contribution is -0.134. The highest BCUT2D eigenvalue weighted by Crippen LogP contribution is 2.35. The molecule has 2 rings (SSSR count). The first-order valence-corrected chi connectivity index (χ1v) is 10.8. The molecule has 0 spiro atoms. The van der Waals surface area contributed by atoms with Crippen molar-refractivity contribution in [3.63, 3.8) is 0 Å². The standard InChI is InChI=1S/C21H25NO8S/c1-27-15-10-19(29-3)16(20(11-15)30-4)7-8-31(25,26)13-14-5-6-18(28-2)17(9-14)22-12-21(23)24/h5-11,22H,12-13H2,1-4H3,(H,23,24)/b8-7-. The third-order valence-corrected chi connectivity index (χ3v) is 5.54. The van der Waals surface area contributed by atoms with Gasteiger partial charge in [-0.2, -0.15) is 0 Å². The summed E-state index contributed by atoms with van der Waals surface area (Å²) in [5.41, 5.74) is 1.31. The molecule has 2 aromatic carbocycles. The second-order valence-corrected chi connectivity index (χ2v) is 8.22. The summed E-state index contributed by atoms with van der Waals surface area (Å²) >= 11 is 0. The van der Waals surface area contributed by atoms with Crippen molar-refractivity contribution in [1.82, 2.24) is 0 Å². The van der Waals surface area contributed by atoms with Crippen LogP contribution in [0, 0.1) is 0 Å². The molecular weight excluding hydrogens is 426 g/mol. The number of benzene rings is 2. The van der Waals surface area contributed by atoms with Gasteiger partial charge in [0.1, 0.15) is 29.5 Å². The van der Waals surface area contributed by atoms with Crippen LogP contribution in [0.4, 0.5) is 5.69 Å². The lowest BCUT2D eigenvalue weighted by Crippen LogP contribution is -2.13. The average molecular weight is 451 g/mol. The minimum absolute atomic E-state index is 0.296. The molecule has 0 amide bonds. The van der Waals surface area contributed by atoms with Crippen LogP contribution in [-0.2, 0) is 20.4 Å². The van der Waals surface area contributed by atoms with Crippen LogP contribution in [0.3, 0.4) is 0 Å². The van der Waals surface area contributed by atoms with E-state index in [0.29, 0.717) is 39.8 Å². The van der Waals surface area contributed by atoms with E-state index >= 15 is 0 Å². The van der Waals surface area contributed by atoms with E-state index in [-0.39, 0.29) is 12.3 Å². The van der Waals surface area contributed by atoms with Gasteiger partial charge in [0.25, 0.3) is 0 Å². The third-order valence-electron chi connectivity index (χ3n) is 4.26. The Balaban J connectivity index is 2.31. The van der Waals surface area contributed by atoms with Crippen molar-refractivity contribution >= 4 is 27.6 Å². The summed E-state index contributed by atoms with van der Waals surface area (Å²) in [6, 6.07) is 7.97. The molecule has 0 saturated heterocycles. The Morgan fingerprint density at radius 1 is 0.968 bits per heavy atom. The molecular formula is C21H25NO8S. The first-order valence-electron chi connectivity index (χ1n) is 9.06. The van der Waals surface area contributed by atoms with Gasteiger partial charge in [0, 0.05) is 17.5 Å². The number of carboxylic acid groups (broad SMARTS) is 1. The van der Waals surface area contributed by atoms with Crippen molar-refractivity contribution in [2.75, 3.05) is 40.3 Å². The van der Waals surface area contributed by atoms with E-state index in [4.69, 9.17) is 24.1 Å². The van der Waals surface area contributed by atoms with Gasteiger partial charge >= 0.3 is 5.97 Å². The SMILES string of the molecule is COc1cc(OC)c(/C=C\S(=O)(=O)Cc2ccc(OC)c(NCC(=O)O)c2)c(OC)c1. The fourth-order valence-corrected chi connectivity index (χ4v) is 3.89. The van der Waals surface area contributed by atoms with Crippen LogP contribution in [0.15, 0.2) is 35.7 Å². The number of carbonyl (C=O) groups is 1. The predicted molar refractivity (Wildman–Crippen MR) is 117 cm³/mol. The van der Waals surface area contributed by atoms with Gasteiger partial charge in [0.2, 0.25) is 0 Å². The summed E-state index contributed by atoms with van der Waals surface area (Å²) in [5.74, 6) is 0.361. The van der Waals surface area contributed by atoms with Crippen LogP contribution in [-0.4, -0.2) is 54.5 Å². The van der Waals surface area contributed by atoms with Crippen molar-refractivity contribution in [1.29, 1.82) is 0 Å². The highest BCUT2D eigenvalue weighted by molar-refractivity contribution is 7.93. The van der Waals surface area contributed by atoms with Crippen LogP contribution < -0.4 is 24.3 Å². The summed E-state index contributed by atoms with van der Waals surface area (Å²) in [6.45, 7) is -0.330. The quantitative estimate of drug-likeness (QED) is 0.531. The van der Waals surface area contributed by atoms with Gasteiger partial charge in [0.15, 0.2) is 9.84 Å². The Morgan fingerprint density at radius 2 is 1.58 bits per heavy atom. The van der Waals surface area contributed by atoms with Crippen molar-refractivity contribution < 1.29 is 37.3 Å². The van der Waals surface area contributed by atoms with Gasteiger partial charge in [-0.1, -0.05) is 6.07 Å². The van der Waals surface area contributed by atoms with E-state index in [1.54, 1.807) is 30.3 Å². The Morgan fingerprint density at radius 3 is 2.10 bits per heavy atom. The molecule has 9 nitrogen and oxygen atoms in total. The lowest BCUT2D eigenvalue weighted by Gasteiger charge is -2.13. The highest BCUT2D eigenvalue weighted by Gasteiger charge is 2.15. The maximum Gasteiger partial charge on any atom is 0.322 e. The second-order valence-electron chi connectivity index (χ2n) is 6.34. The normalized spacial score (nSPS) is 11.2. The summed E-state index contributed by atoms with van der Waals surface area (Å²) < 4.78 is 46.4. The molecule has 2 aromatic rings. The van der Waals surface area contributed by atoms with E-state index in [1.807, 2.05) is 0 Å². The van der Waals surface area contributed by atoms with Crippen LogP contribution in [0.25, 0.3) is 6.08 Å². The maximum atomic E-state index is 12.7. The first-order chi connectivity index (χ1) is 14.7. The number of carboxylic acids is 1. The van der Waals surface area contributed by atoms with Crippen LogP contribution in [0.1, 0.15) is 11.1 Å². The van der Waals surface area contributed by atoms with Gasteiger partial charge in [-0.15, -0.1) is 0 Å². The summed E-state index contributed by atoms with van der Waals surface area (Å²) in [5, 5.41) is 12.6. The van der Waals surface area contributed by atoms with Gasteiger partial charge < -0.3 is 29.4 Å². The summed E-state index contributed by atoms with van der Waals surface area (Å²) in [6.07, 6.45) is 1.40. The number of ether oxygens (including phenoxy) is 4. The largest absolute Gasteiger partial charge is 0.496 e. The van der Waals surface area contributed by atoms with Gasteiger partial charge in [0.05, 0.1) is 45.4 Å². The number of anilines is 1. The Hall–Kier alpha value is -3.40. The summed E-state index contributed by atoms with van der Waals surface area (Å²) in [4.78, 5) is 10.8. The minimum atomic E-state index is -3.67. The fourth-order valence-electron chi connectivity index (χ4n) is 2.80. The molecule has 0 saturated carbocycles. The van der Waals surface area contributed by atoms with Crippen LogP contribution in [0.2, 0.25) is 0 Å². The number of aliphatic carboxylic acids is 1. The van der Waals surface area contributed by atoms with Crippen LogP contribution in [0.5, 0.6) is 23.0 Å². The van der Waals surface area contributed by atoms with Crippen LogP contribution >= 0.6 is 0 Å². The zero-order valence-corrected chi connectivity index (χ0v) is 18.5. The topological polar surface area (TPSA) is 120 Å². The molecule has 0 aliphatic rings. The highest BCUT2D eigenvalue weighted by atomic mass is 32.2. The van der Waals surface area contributed by atoms with Crippen molar-refractivity contribution in [2.24, 2.45) is 0 Å². The van der Waals surface area contributed by atoms with E-state index < -0.39 is 15.8 Å². The molecule has 0 atom stereocenters. The first kappa shape index (κ1) is 23.9. The van der Waals surface area contributed by atoms with Crippen molar-refractivity contribution in [3.05, 3.63) is 46.9 Å². The number of hydrogen-bond donors (Lipinski definition) is 2. The second kappa shape index (κ2) is 10.6. The molecule has 0 fully saturated rings. The Labute approximate surface area is 181 Å². The molecule has 0 aliphatic carbocycles. The number of sulfone groups is 1. The smallest absolute Gasteiger partial charge is 0.322 e. The molecule has 0 unspecified atom stereocenters. The number of methoxy groups -OCH3 is 4. The molecule has 2 N–H and O–H groups in total. The molecule has 0 aromatic heterocycles.